The first kappa shape index (κ1) is 29.0. The van der Waals surface area contributed by atoms with Crippen LogP contribution in [0.25, 0.3) is 22.4 Å². The summed E-state index contributed by atoms with van der Waals surface area (Å²) in [6.07, 6.45) is -5.74. The highest BCUT2D eigenvalue weighted by atomic mass is 19.4. The second-order valence-electron chi connectivity index (χ2n) is 8.75. The molecule has 12 heteroatoms. The average Bonchev–Trinajstić information content (AvgIpc) is 2.84. The predicted molar refractivity (Wildman–Crippen MR) is 132 cm³/mol. The van der Waals surface area contributed by atoms with Crippen LogP contribution in [0.15, 0.2) is 53.9 Å². The Hall–Kier alpha value is -3.54. The van der Waals surface area contributed by atoms with Crippen molar-refractivity contribution >= 4 is 16.9 Å². The molecule has 0 unspecified atom stereocenters. The quantitative estimate of drug-likeness (QED) is 0.224. The minimum absolute atomic E-state index is 0.0319. The van der Waals surface area contributed by atoms with Crippen molar-refractivity contribution in [2.24, 2.45) is 5.92 Å². The molecule has 3 aromatic rings. The van der Waals surface area contributed by atoms with E-state index in [2.05, 4.69) is 25.3 Å². The summed E-state index contributed by atoms with van der Waals surface area (Å²) < 4.78 is 86.3. The van der Waals surface area contributed by atoms with Crippen LogP contribution < -0.4 is 5.32 Å². The van der Waals surface area contributed by atoms with Crippen LogP contribution in [-0.2, 0) is 17.5 Å². The molecule has 3 rings (SSSR count). The van der Waals surface area contributed by atoms with Gasteiger partial charge in [0.05, 0.1) is 16.6 Å². The van der Waals surface area contributed by atoms with Crippen molar-refractivity contribution in [1.29, 1.82) is 0 Å². The van der Waals surface area contributed by atoms with Crippen molar-refractivity contribution in [3.05, 3.63) is 65.3 Å². The van der Waals surface area contributed by atoms with E-state index in [1.165, 1.54) is 37.4 Å². The van der Waals surface area contributed by atoms with E-state index in [-0.39, 0.29) is 53.3 Å². The minimum atomic E-state index is -4.66. The third-order valence-electron chi connectivity index (χ3n) is 5.29. The first-order valence-electron chi connectivity index (χ1n) is 11.8. The van der Waals surface area contributed by atoms with Gasteiger partial charge in [-0.15, -0.1) is 0 Å². The fourth-order valence-corrected chi connectivity index (χ4v) is 3.47. The molecule has 3 heterocycles. The first-order valence-corrected chi connectivity index (χ1v) is 11.8. The largest absolute Gasteiger partial charge is 0.418 e. The lowest BCUT2D eigenvalue weighted by molar-refractivity contribution is -0.137. The second-order valence-corrected chi connectivity index (χ2v) is 8.75. The van der Waals surface area contributed by atoms with Crippen LogP contribution in [0, 0.1) is 5.92 Å². The van der Waals surface area contributed by atoms with Gasteiger partial charge in [-0.2, -0.15) is 26.3 Å². The molecule has 0 aliphatic heterocycles. The summed E-state index contributed by atoms with van der Waals surface area (Å²) in [6, 6.07) is 4.87. The Balaban J connectivity index is 2.13. The van der Waals surface area contributed by atoms with Gasteiger partial charge in [-0.1, -0.05) is 26.8 Å². The topological polar surface area (TPSA) is 72.8 Å². The summed E-state index contributed by atoms with van der Waals surface area (Å²) in [5.41, 5.74) is -1.98. The molecular weight excluding hydrogens is 512 g/mol. The van der Waals surface area contributed by atoms with E-state index in [0.29, 0.717) is 12.0 Å². The molecule has 0 saturated heterocycles. The Labute approximate surface area is 215 Å². The number of alkyl halides is 6. The third-order valence-corrected chi connectivity index (χ3v) is 5.29. The van der Waals surface area contributed by atoms with Crippen LogP contribution in [0.2, 0.25) is 0 Å². The number of hydrogen-bond acceptors (Lipinski definition) is 6. The summed E-state index contributed by atoms with van der Waals surface area (Å²) in [5.74, 6) is 0.516. The molecule has 38 heavy (non-hydrogen) atoms. The SMILES string of the molecule is C/C=C(\C=C(/CC)C(F)(F)F)Nc1nc(COCC(C)C)nc2nc(-c3ncccc3C(F)(F)F)ccc12. The standard InChI is InChI=1S/C26H27F6N5O/c1-5-16(25(27,28)29)12-17(6-2)34-23-18-9-10-20(22-19(26(30,31)32)8-7-11-33-22)35-24(18)37-21(36-23)14-38-13-15(3)4/h6-12,15H,5,13-14H2,1-4H3,(H,34,35,36,37)/b16-12+,17-6+. The number of halogens is 6. The van der Waals surface area contributed by atoms with Crippen molar-refractivity contribution in [2.45, 2.75) is 53.1 Å². The van der Waals surface area contributed by atoms with E-state index in [0.717, 1.165) is 12.1 Å². The maximum absolute atomic E-state index is 13.6. The number of nitrogens with one attached hydrogen (secondary N) is 1. The lowest BCUT2D eigenvalue weighted by Gasteiger charge is -2.15. The molecule has 0 saturated carbocycles. The van der Waals surface area contributed by atoms with Crippen LogP contribution in [0.3, 0.4) is 0 Å². The molecule has 0 aromatic carbocycles. The number of allylic oxidation sites excluding steroid dienone is 3. The van der Waals surface area contributed by atoms with E-state index in [9.17, 15) is 26.3 Å². The molecule has 0 fully saturated rings. The number of nitrogens with zero attached hydrogens (tertiary/aromatic N) is 4. The van der Waals surface area contributed by atoms with Gasteiger partial charge in [-0.25, -0.2) is 15.0 Å². The zero-order chi connectivity index (χ0) is 28.1. The van der Waals surface area contributed by atoms with Crippen LogP contribution >= 0.6 is 0 Å². The van der Waals surface area contributed by atoms with E-state index in [4.69, 9.17) is 4.74 Å². The van der Waals surface area contributed by atoms with Gasteiger partial charge in [-0.05, 0) is 49.6 Å². The molecule has 0 radical (unpaired) electrons. The van der Waals surface area contributed by atoms with Gasteiger partial charge >= 0.3 is 12.4 Å². The van der Waals surface area contributed by atoms with Crippen LogP contribution in [0.1, 0.15) is 45.5 Å². The van der Waals surface area contributed by atoms with Crippen molar-refractivity contribution in [2.75, 3.05) is 11.9 Å². The fourth-order valence-electron chi connectivity index (χ4n) is 3.47. The summed E-state index contributed by atoms with van der Waals surface area (Å²) in [4.78, 5) is 16.9. The smallest absolute Gasteiger partial charge is 0.373 e. The predicted octanol–water partition coefficient (Wildman–Crippen LogP) is 7.49. The molecule has 204 valence electrons. The number of ether oxygens (including phenoxy) is 1. The first-order chi connectivity index (χ1) is 17.8. The highest BCUT2D eigenvalue weighted by Gasteiger charge is 2.35. The van der Waals surface area contributed by atoms with Crippen molar-refractivity contribution < 1.29 is 31.1 Å². The average molecular weight is 540 g/mol. The number of fused-ring (bicyclic) bond motifs is 1. The molecule has 0 bridgehead atoms. The molecule has 0 aliphatic rings. The molecule has 6 nitrogen and oxygen atoms in total. The Morgan fingerprint density at radius 1 is 1.05 bits per heavy atom. The molecule has 3 aromatic heterocycles. The van der Waals surface area contributed by atoms with Gasteiger partial charge < -0.3 is 10.1 Å². The normalized spacial score (nSPS) is 13.4. The van der Waals surface area contributed by atoms with Gasteiger partial charge in [0, 0.05) is 24.1 Å². The number of anilines is 1. The summed E-state index contributed by atoms with van der Waals surface area (Å²) >= 11 is 0. The summed E-state index contributed by atoms with van der Waals surface area (Å²) in [7, 11) is 0. The molecule has 1 N–H and O–H groups in total. The van der Waals surface area contributed by atoms with Gasteiger partial charge in [0.2, 0.25) is 0 Å². The zero-order valence-electron chi connectivity index (χ0n) is 21.2. The molecule has 0 aliphatic carbocycles. The van der Waals surface area contributed by atoms with E-state index < -0.39 is 23.5 Å². The lowest BCUT2D eigenvalue weighted by Crippen LogP contribution is -2.13. The minimum Gasteiger partial charge on any atom is -0.373 e. The monoisotopic (exact) mass is 539 g/mol. The third kappa shape index (κ3) is 7.27. The molecule has 0 atom stereocenters. The second kappa shape index (κ2) is 11.9. The Kier molecular flexibility index (Phi) is 9.08. The summed E-state index contributed by atoms with van der Waals surface area (Å²) in [6.45, 7) is 7.22. The fraction of sp³-hybridized carbons (Fsp3) is 0.385. The van der Waals surface area contributed by atoms with Gasteiger partial charge in [-0.3, -0.25) is 4.98 Å². The van der Waals surface area contributed by atoms with Crippen molar-refractivity contribution in [3.63, 3.8) is 0 Å². The Morgan fingerprint density at radius 3 is 2.39 bits per heavy atom. The van der Waals surface area contributed by atoms with E-state index in [1.807, 2.05) is 13.8 Å². The number of hydrogen-bond donors (Lipinski definition) is 1. The molecule has 0 amide bonds. The number of aromatic nitrogens is 4. The molecule has 0 spiro atoms. The number of pyridine rings is 2. The molecular formula is C26H27F6N5O. The van der Waals surface area contributed by atoms with Crippen LogP contribution in [0.4, 0.5) is 32.2 Å². The lowest BCUT2D eigenvalue weighted by atomic mass is 10.1. The summed E-state index contributed by atoms with van der Waals surface area (Å²) in [5, 5.41) is 3.18. The maximum Gasteiger partial charge on any atom is 0.418 e. The van der Waals surface area contributed by atoms with Crippen LogP contribution in [-0.4, -0.2) is 32.7 Å². The maximum atomic E-state index is 13.6. The van der Waals surface area contributed by atoms with Crippen molar-refractivity contribution in [3.8, 4) is 11.4 Å². The Morgan fingerprint density at radius 2 is 1.79 bits per heavy atom. The van der Waals surface area contributed by atoms with Gasteiger partial charge in [0.25, 0.3) is 0 Å². The van der Waals surface area contributed by atoms with E-state index in [1.54, 1.807) is 6.92 Å². The van der Waals surface area contributed by atoms with E-state index >= 15 is 0 Å². The van der Waals surface area contributed by atoms with Crippen molar-refractivity contribution in [1.82, 2.24) is 19.9 Å². The van der Waals surface area contributed by atoms with Gasteiger partial charge in [0.15, 0.2) is 11.5 Å². The number of rotatable bonds is 9. The zero-order valence-corrected chi connectivity index (χ0v) is 21.2. The highest BCUT2D eigenvalue weighted by molar-refractivity contribution is 5.89. The Bertz CT molecular complexity index is 1330. The van der Waals surface area contributed by atoms with Crippen LogP contribution in [0.5, 0.6) is 0 Å². The highest BCUT2D eigenvalue weighted by Crippen LogP contribution is 2.36. The van der Waals surface area contributed by atoms with Gasteiger partial charge in [0.1, 0.15) is 18.1 Å².